The lowest BCUT2D eigenvalue weighted by molar-refractivity contribution is 0.0181. The van der Waals surface area contributed by atoms with E-state index in [1.165, 1.54) is 6.20 Å². The lowest BCUT2D eigenvalue weighted by Crippen LogP contribution is -2.11. The number of para-hydroxylation sites is 1. The summed E-state index contributed by atoms with van der Waals surface area (Å²) in [4.78, 5) is 0. The first kappa shape index (κ1) is 17.5. The normalized spacial score (nSPS) is 14.4. The van der Waals surface area contributed by atoms with Gasteiger partial charge in [0.25, 0.3) is 0 Å². The summed E-state index contributed by atoms with van der Waals surface area (Å²) in [6.45, 7) is 0. The molecule has 0 radical (unpaired) electrons. The maximum atomic E-state index is 12.0. The molecule has 7 heteroatoms. The van der Waals surface area contributed by atoms with Crippen LogP contribution in [0.1, 0.15) is 23.3 Å². The summed E-state index contributed by atoms with van der Waals surface area (Å²) in [5.41, 5.74) is 1.31. The second kappa shape index (κ2) is 6.51. The second-order valence-corrected chi connectivity index (χ2v) is 7.68. The third-order valence-corrected chi connectivity index (χ3v) is 5.16. The first-order valence-corrected chi connectivity index (χ1v) is 9.48. The average Bonchev–Trinajstić information content (AvgIpc) is 3.00. The molecule has 3 rings (SSSR count). The van der Waals surface area contributed by atoms with Crippen molar-refractivity contribution in [2.75, 3.05) is 13.4 Å². The largest absolute Gasteiger partial charge is 0.497 e. The van der Waals surface area contributed by atoms with E-state index >= 15 is 0 Å². The SMILES string of the molecule is COc1ccc(C(O)C(O)c2cn(S(C)(=O)=O)c3ccccc23)cc1. The average molecular weight is 361 g/mol. The molecule has 0 saturated carbocycles. The number of nitrogens with zero attached hydrogens (tertiary/aromatic N) is 1. The molecule has 2 aromatic carbocycles. The van der Waals surface area contributed by atoms with E-state index in [2.05, 4.69) is 0 Å². The number of aliphatic hydroxyl groups is 2. The summed E-state index contributed by atoms with van der Waals surface area (Å²) >= 11 is 0. The molecule has 6 nitrogen and oxygen atoms in total. The lowest BCUT2D eigenvalue weighted by Gasteiger charge is -2.18. The minimum Gasteiger partial charge on any atom is -0.497 e. The van der Waals surface area contributed by atoms with Gasteiger partial charge < -0.3 is 14.9 Å². The molecule has 3 aromatic rings. The Morgan fingerprint density at radius 3 is 2.24 bits per heavy atom. The van der Waals surface area contributed by atoms with Crippen LogP contribution in [0.3, 0.4) is 0 Å². The van der Waals surface area contributed by atoms with Gasteiger partial charge in [-0.1, -0.05) is 30.3 Å². The Bertz CT molecular complexity index is 992. The highest BCUT2D eigenvalue weighted by molar-refractivity contribution is 7.89. The van der Waals surface area contributed by atoms with Gasteiger partial charge in [-0.3, -0.25) is 0 Å². The highest BCUT2D eigenvalue weighted by Crippen LogP contribution is 2.35. The first-order chi connectivity index (χ1) is 11.8. The third kappa shape index (κ3) is 3.26. The van der Waals surface area contributed by atoms with Gasteiger partial charge in [0.15, 0.2) is 0 Å². The molecule has 2 atom stereocenters. The smallest absolute Gasteiger partial charge is 0.236 e. The van der Waals surface area contributed by atoms with Crippen molar-refractivity contribution in [3.63, 3.8) is 0 Å². The number of hydrogen-bond acceptors (Lipinski definition) is 5. The number of aliphatic hydroxyl groups excluding tert-OH is 2. The molecular formula is C18H19NO5S. The number of hydrogen-bond donors (Lipinski definition) is 2. The summed E-state index contributed by atoms with van der Waals surface area (Å²) < 4.78 is 30.2. The Labute approximate surface area is 146 Å². The Morgan fingerprint density at radius 2 is 1.64 bits per heavy atom. The van der Waals surface area contributed by atoms with Crippen LogP contribution in [0.15, 0.2) is 54.7 Å². The predicted molar refractivity (Wildman–Crippen MR) is 95.1 cm³/mol. The highest BCUT2D eigenvalue weighted by atomic mass is 32.2. The van der Waals surface area contributed by atoms with Crippen molar-refractivity contribution in [3.8, 4) is 5.75 Å². The number of fused-ring (bicyclic) bond motifs is 1. The fraction of sp³-hybridized carbons (Fsp3) is 0.222. The van der Waals surface area contributed by atoms with Crippen molar-refractivity contribution in [2.24, 2.45) is 0 Å². The predicted octanol–water partition coefficient (Wildman–Crippen LogP) is 2.22. The molecule has 132 valence electrons. The van der Waals surface area contributed by atoms with Crippen molar-refractivity contribution in [3.05, 3.63) is 65.9 Å². The van der Waals surface area contributed by atoms with Crippen LogP contribution in [0, 0.1) is 0 Å². The van der Waals surface area contributed by atoms with Gasteiger partial charge in [-0.25, -0.2) is 12.4 Å². The highest BCUT2D eigenvalue weighted by Gasteiger charge is 2.25. The van der Waals surface area contributed by atoms with Crippen molar-refractivity contribution >= 4 is 20.9 Å². The molecule has 0 aliphatic heterocycles. The van der Waals surface area contributed by atoms with E-state index in [9.17, 15) is 18.6 Å². The fourth-order valence-electron chi connectivity index (χ4n) is 2.84. The fourth-order valence-corrected chi connectivity index (χ4v) is 3.66. The van der Waals surface area contributed by atoms with E-state index in [0.717, 1.165) is 10.2 Å². The summed E-state index contributed by atoms with van der Waals surface area (Å²) in [5.74, 6) is 0.638. The van der Waals surface area contributed by atoms with Crippen LogP contribution >= 0.6 is 0 Å². The Balaban J connectivity index is 2.06. The van der Waals surface area contributed by atoms with Gasteiger partial charge in [-0.2, -0.15) is 0 Å². The van der Waals surface area contributed by atoms with Gasteiger partial charge in [0.05, 0.1) is 18.9 Å². The number of aromatic nitrogens is 1. The molecule has 1 heterocycles. The molecule has 0 saturated heterocycles. The van der Waals surface area contributed by atoms with E-state index in [1.54, 1.807) is 55.6 Å². The zero-order valence-corrected chi connectivity index (χ0v) is 14.6. The zero-order valence-electron chi connectivity index (χ0n) is 13.8. The van der Waals surface area contributed by atoms with E-state index < -0.39 is 22.2 Å². The molecule has 0 bridgehead atoms. The summed E-state index contributed by atoms with van der Waals surface area (Å²) in [6, 6.07) is 13.5. The number of benzene rings is 2. The second-order valence-electron chi connectivity index (χ2n) is 5.82. The van der Waals surface area contributed by atoms with Crippen molar-refractivity contribution in [1.82, 2.24) is 3.97 Å². The molecule has 0 fully saturated rings. The zero-order chi connectivity index (χ0) is 18.2. The molecular weight excluding hydrogens is 342 g/mol. The van der Waals surface area contributed by atoms with Crippen LogP contribution in [0.2, 0.25) is 0 Å². The molecule has 1 aromatic heterocycles. The Morgan fingerprint density at radius 1 is 1.00 bits per heavy atom. The summed E-state index contributed by atoms with van der Waals surface area (Å²) in [5, 5.41) is 21.8. The van der Waals surface area contributed by atoms with Crippen LogP contribution in [0.25, 0.3) is 10.9 Å². The molecule has 2 N–H and O–H groups in total. The summed E-state index contributed by atoms with van der Waals surface area (Å²) in [7, 11) is -1.99. The van der Waals surface area contributed by atoms with Crippen LogP contribution in [0.5, 0.6) is 5.75 Å². The van der Waals surface area contributed by atoms with E-state index in [-0.39, 0.29) is 0 Å². The van der Waals surface area contributed by atoms with Crippen LogP contribution in [-0.2, 0) is 10.0 Å². The lowest BCUT2D eigenvalue weighted by atomic mass is 9.98. The molecule has 0 aliphatic rings. The summed E-state index contributed by atoms with van der Waals surface area (Å²) in [6.07, 6.45) is -0.0292. The Kier molecular flexibility index (Phi) is 4.55. The first-order valence-electron chi connectivity index (χ1n) is 7.63. The minimum atomic E-state index is -3.53. The van der Waals surface area contributed by atoms with Crippen molar-refractivity contribution < 1.29 is 23.4 Å². The van der Waals surface area contributed by atoms with Gasteiger partial charge in [0.1, 0.15) is 18.0 Å². The quantitative estimate of drug-likeness (QED) is 0.727. The van der Waals surface area contributed by atoms with Gasteiger partial charge in [0.2, 0.25) is 10.0 Å². The topological polar surface area (TPSA) is 88.8 Å². The number of ether oxygens (including phenoxy) is 1. The van der Waals surface area contributed by atoms with E-state index in [0.29, 0.717) is 27.8 Å². The van der Waals surface area contributed by atoms with Crippen molar-refractivity contribution in [2.45, 2.75) is 12.2 Å². The van der Waals surface area contributed by atoms with Crippen LogP contribution in [0.4, 0.5) is 0 Å². The monoisotopic (exact) mass is 361 g/mol. The maximum Gasteiger partial charge on any atom is 0.236 e. The van der Waals surface area contributed by atoms with Gasteiger partial charge in [-0.15, -0.1) is 0 Å². The van der Waals surface area contributed by atoms with E-state index in [1.807, 2.05) is 0 Å². The van der Waals surface area contributed by atoms with Gasteiger partial charge >= 0.3 is 0 Å². The van der Waals surface area contributed by atoms with Gasteiger partial charge in [-0.05, 0) is 23.8 Å². The number of methoxy groups -OCH3 is 1. The van der Waals surface area contributed by atoms with E-state index in [4.69, 9.17) is 4.74 Å². The molecule has 25 heavy (non-hydrogen) atoms. The Hall–Kier alpha value is -2.35. The molecule has 0 spiro atoms. The molecule has 0 amide bonds. The number of rotatable bonds is 5. The molecule has 2 unspecified atom stereocenters. The maximum absolute atomic E-state index is 12.0. The minimum absolute atomic E-state index is 0.351. The van der Waals surface area contributed by atoms with Crippen LogP contribution < -0.4 is 4.74 Å². The van der Waals surface area contributed by atoms with Crippen molar-refractivity contribution in [1.29, 1.82) is 0 Å². The van der Waals surface area contributed by atoms with Crippen LogP contribution in [-0.4, -0.2) is 36.0 Å². The van der Waals surface area contributed by atoms with Gasteiger partial charge in [0, 0.05) is 17.1 Å². The standard InChI is InChI=1S/C18H19NO5S/c1-24-13-9-7-12(8-10-13)17(20)18(21)15-11-19(25(2,22)23)16-6-4-3-5-14(15)16/h3-11,17-18,20-21H,1-2H3. The third-order valence-electron chi connectivity index (χ3n) is 4.14. The molecule has 0 aliphatic carbocycles.